The number of anilines is 2. The molecular formula is C19H17N3O3. The largest absolute Gasteiger partial charge is 0.385 e. The van der Waals surface area contributed by atoms with Gasteiger partial charge in [-0.05, 0) is 36.4 Å². The maximum absolute atomic E-state index is 12.4. The molecule has 0 bridgehead atoms. The summed E-state index contributed by atoms with van der Waals surface area (Å²) in [5.41, 5.74) is 1.88. The first kappa shape index (κ1) is 16.4. The number of benzene rings is 2. The highest BCUT2D eigenvalue weighted by Gasteiger charge is 2.13. The molecule has 2 aromatic carbocycles. The van der Waals surface area contributed by atoms with E-state index in [2.05, 4.69) is 15.6 Å². The van der Waals surface area contributed by atoms with Gasteiger partial charge in [-0.1, -0.05) is 12.1 Å². The number of nitrogens with one attached hydrogen (secondary N) is 3. The number of amides is 1. The van der Waals surface area contributed by atoms with Crippen LogP contribution < -0.4 is 16.1 Å². The fourth-order valence-corrected chi connectivity index (χ4v) is 2.48. The molecule has 0 aliphatic heterocycles. The van der Waals surface area contributed by atoms with Crippen LogP contribution in [0.1, 0.15) is 16.8 Å². The van der Waals surface area contributed by atoms with E-state index in [1.165, 1.54) is 6.20 Å². The Kier molecular flexibility index (Phi) is 4.89. The number of aromatic nitrogens is 1. The van der Waals surface area contributed by atoms with Crippen LogP contribution >= 0.6 is 0 Å². The van der Waals surface area contributed by atoms with Crippen LogP contribution in [0.25, 0.3) is 10.9 Å². The number of H-pyrrole nitrogens is 1. The lowest BCUT2D eigenvalue weighted by molar-refractivity contribution is -0.107. The molecule has 0 spiro atoms. The first-order valence-corrected chi connectivity index (χ1v) is 7.88. The van der Waals surface area contributed by atoms with Gasteiger partial charge < -0.3 is 20.4 Å². The second-order valence-electron chi connectivity index (χ2n) is 5.49. The van der Waals surface area contributed by atoms with Gasteiger partial charge in [0.2, 0.25) is 5.43 Å². The minimum atomic E-state index is -0.464. The smallest absolute Gasteiger partial charge is 0.261 e. The number of aldehydes is 1. The van der Waals surface area contributed by atoms with E-state index < -0.39 is 5.91 Å². The topological polar surface area (TPSA) is 91.1 Å². The van der Waals surface area contributed by atoms with Crippen LogP contribution in [0.5, 0.6) is 0 Å². The summed E-state index contributed by atoms with van der Waals surface area (Å²) < 4.78 is 0. The first-order chi connectivity index (χ1) is 12.2. The van der Waals surface area contributed by atoms with E-state index in [1.807, 2.05) is 6.07 Å². The molecule has 3 aromatic rings. The summed E-state index contributed by atoms with van der Waals surface area (Å²) in [4.78, 5) is 38.1. The number of aromatic amines is 1. The second kappa shape index (κ2) is 7.44. The predicted molar refractivity (Wildman–Crippen MR) is 98.1 cm³/mol. The fraction of sp³-hybridized carbons (Fsp3) is 0.105. The van der Waals surface area contributed by atoms with Crippen LogP contribution in [0, 0.1) is 0 Å². The van der Waals surface area contributed by atoms with Crippen molar-refractivity contribution in [1.29, 1.82) is 0 Å². The zero-order valence-electron chi connectivity index (χ0n) is 13.4. The Hall–Kier alpha value is -3.41. The number of hydrogen-bond acceptors (Lipinski definition) is 4. The average molecular weight is 335 g/mol. The van der Waals surface area contributed by atoms with Crippen LogP contribution in [-0.2, 0) is 4.79 Å². The highest BCUT2D eigenvalue weighted by atomic mass is 16.2. The summed E-state index contributed by atoms with van der Waals surface area (Å²) >= 11 is 0. The standard InChI is InChI=1S/C19H17N3O3/c23-11-3-10-20-13-6-8-14(9-7-13)22-19(25)16-12-21-17-5-2-1-4-15(17)18(16)24/h1-2,4-9,11-12,20H,3,10H2,(H,21,24)(H,22,25). The van der Waals surface area contributed by atoms with E-state index >= 15 is 0 Å². The molecule has 126 valence electrons. The number of carbonyl (C=O) groups is 2. The van der Waals surface area contributed by atoms with Gasteiger partial charge in [0, 0.05) is 41.4 Å². The van der Waals surface area contributed by atoms with E-state index in [4.69, 9.17) is 0 Å². The lowest BCUT2D eigenvalue weighted by Gasteiger charge is -2.08. The Labute approximate surface area is 143 Å². The highest BCUT2D eigenvalue weighted by molar-refractivity contribution is 6.05. The monoisotopic (exact) mass is 335 g/mol. The summed E-state index contributed by atoms with van der Waals surface area (Å²) in [6.07, 6.45) is 2.71. The summed E-state index contributed by atoms with van der Waals surface area (Å²) in [6.45, 7) is 0.557. The molecule has 0 atom stereocenters. The first-order valence-electron chi connectivity index (χ1n) is 7.88. The second-order valence-corrected chi connectivity index (χ2v) is 5.49. The molecule has 0 radical (unpaired) electrons. The van der Waals surface area contributed by atoms with Gasteiger partial charge >= 0.3 is 0 Å². The normalized spacial score (nSPS) is 10.4. The van der Waals surface area contributed by atoms with Crippen molar-refractivity contribution in [3.63, 3.8) is 0 Å². The molecule has 3 N–H and O–H groups in total. The molecule has 0 unspecified atom stereocenters. The number of rotatable bonds is 6. The molecular weight excluding hydrogens is 318 g/mol. The minimum absolute atomic E-state index is 0.0619. The van der Waals surface area contributed by atoms with Crippen molar-refractivity contribution in [2.24, 2.45) is 0 Å². The van der Waals surface area contributed by atoms with Crippen molar-refractivity contribution in [2.75, 3.05) is 17.2 Å². The summed E-state index contributed by atoms with van der Waals surface area (Å²) in [5.74, 6) is -0.464. The molecule has 1 amide bonds. The van der Waals surface area contributed by atoms with E-state index in [0.717, 1.165) is 12.0 Å². The Morgan fingerprint density at radius 3 is 2.52 bits per heavy atom. The summed E-state index contributed by atoms with van der Waals surface area (Å²) in [5, 5.41) is 6.28. The summed E-state index contributed by atoms with van der Waals surface area (Å²) in [6, 6.07) is 14.1. The maximum Gasteiger partial charge on any atom is 0.261 e. The lowest BCUT2D eigenvalue weighted by Crippen LogP contribution is -2.21. The van der Waals surface area contributed by atoms with Crippen molar-refractivity contribution in [3.8, 4) is 0 Å². The van der Waals surface area contributed by atoms with Crippen molar-refractivity contribution in [1.82, 2.24) is 4.98 Å². The molecule has 0 saturated carbocycles. The Bertz CT molecular complexity index is 962. The molecule has 0 fully saturated rings. The number of hydrogen-bond donors (Lipinski definition) is 3. The molecule has 6 nitrogen and oxygen atoms in total. The molecule has 25 heavy (non-hydrogen) atoms. The molecule has 0 aliphatic carbocycles. The van der Waals surface area contributed by atoms with Gasteiger partial charge in [-0.3, -0.25) is 9.59 Å². The van der Waals surface area contributed by atoms with Gasteiger partial charge in [0.15, 0.2) is 0 Å². The number of fused-ring (bicyclic) bond motifs is 1. The van der Waals surface area contributed by atoms with Crippen molar-refractivity contribution in [3.05, 3.63) is 70.5 Å². The fourth-order valence-electron chi connectivity index (χ4n) is 2.48. The minimum Gasteiger partial charge on any atom is -0.385 e. The SMILES string of the molecule is O=CCCNc1ccc(NC(=O)c2c[nH]c3ccccc3c2=O)cc1. The maximum atomic E-state index is 12.4. The van der Waals surface area contributed by atoms with Gasteiger partial charge in [0.1, 0.15) is 11.8 Å². The quantitative estimate of drug-likeness (QED) is 0.477. The Morgan fingerprint density at radius 2 is 1.76 bits per heavy atom. The highest BCUT2D eigenvalue weighted by Crippen LogP contribution is 2.14. The molecule has 0 saturated heterocycles. The summed E-state index contributed by atoms with van der Waals surface area (Å²) in [7, 11) is 0. The zero-order chi connectivity index (χ0) is 17.6. The number of para-hydroxylation sites is 1. The van der Waals surface area contributed by atoms with E-state index in [1.54, 1.807) is 42.5 Å². The van der Waals surface area contributed by atoms with Crippen LogP contribution in [0.2, 0.25) is 0 Å². The molecule has 6 heteroatoms. The van der Waals surface area contributed by atoms with Gasteiger partial charge in [-0.25, -0.2) is 0 Å². The van der Waals surface area contributed by atoms with Crippen molar-refractivity contribution in [2.45, 2.75) is 6.42 Å². The van der Waals surface area contributed by atoms with Gasteiger partial charge in [-0.15, -0.1) is 0 Å². The molecule has 3 rings (SSSR count). The van der Waals surface area contributed by atoms with Crippen molar-refractivity contribution >= 4 is 34.5 Å². The molecule has 1 heterocycles. The van der Waals surface area contributed by atoms with Crippen LogP contribution in [0.3, 0.4) is 0 Å². The Morgan fingerprint density at radius 1 is 1.04 bits per heavy atom. The van der Waals surface area contributed by atoms with Gasteiger partial charge in [-0.2, -0.15) is 0 Å². The third-order valence-corrected chi connectivity index (χ3v) is 3.77. The van der Waals surface area contributed by atoms with Crippen LogP contribution in [-0.4, -0.2) is 23.7 Å². The number of carbonyl (C=O) groups excluding carboxylic acids is 2. The van der Waals surface area contributed by atoms with Gasteiger partial charge in [0.25, 0.3) is 5.91 Å². The lowest BCUT2D eigenvalue weighted by atomic mass is 10.1. The number of pyridine rings is 1. The van der Waals surface area contributed by atoms with Crippen molar-refractivity contribution < 1.29 is 9.59 Å². The Balaban J connectivity index is 1.75. The zero-order valence-corrected chi connectivity index (χ0v) is 13.4. The van der Waals surface area contributed by atoms with Crippen LogP contribution in [0.4, 0.5) is 11.4 Å². The van der Waals surface area contributed by atoms with Gasteiger partial charge in [0.05, 0.1) is 0 Å². The third kappa shape index (κ3) is 3.74. The molecule has 1 aromatic heterocycles. The van der Waals surface area contributed by atoms with E-state index in [9.17, 15) is 14.4 Å². The van der Waals surface area contributed by atoms with E-state index in [-0.39, 0.29) is 11.0 Å². The third-order valence-electron chi connectivity index (χ3n) is 3.77. The average Bonchev–Trinajstić information content (AvgIpc) is 2.64. The molecule has 0 aliphatic rings. The van der Waals surface area contributed by atoms with E-state index in [0.29, 0.717) is 29.6 Å². The van der Waals surface area contributed by atoms with Crippen LogP contribution in [0.15, 0.2) is 59.5 Å². The predicted octanol–water partition coefficient (Wildman–Crippen LogP) is 2.78.